The minimum Gasteiger partial charge on any atom is -0.227 e. The molecule has 0 unspecified atom stereocenters. The molecule has 0 amide bonds. The molecular weight excluding hydrogens is 222 g/mol. The summed E-state index contributed by atoms with van der Waals surface area (Å²) in [5, 5.41) is 8.55. The Morgan fingerprint density at radius 3 is 2.71 bits per heavy atom. The second kappa shape index (κ2) is 4.71. The third-order valence-electron chi connectivity index (χ3n) is 2.34. The van der Waals surface area contributed by atoms with Crippen LogP contribution >= 0.6 is 0 Å². The van der Waals surface area contributed by atoms with Gasteiger partial charge < -0.3 is 0 Å². The molecule has 0 bridgehead atoms. The highest BCUT2D eigenvalue weighted by molar-refractivity contribution is 5.63. The van der Waals surface area contributed by atoms with Crippen LogP contribution in [0.4, 0.5) is 8.78 Å². The maximum Gasteiger partial charge on any atom is 0.217 e. The highest BCUT2D eigenvalue weighted by Crippen LogP contribution is 2.21. The van der Waals surface area contributed by atoms with Gasteiger partial charge in [0, 0.05) is 17.3 Å². The van der Waals surface area contributed by atoms with Crippen LogP contribution in [0.25, 0.3) is 11.1 Å². The molecule has 0 radical (unpaired) electrons. The Hall–Kier alpha value is -2.28. The number of hydrogen-bond acceptors (Lipinski definition) is 2. The molecule has 1 heterocycles. The maximum atomic E-state index is 13.2. The summed E-state index contributed by atoms with van der Waals surface area (Å²) >= 11 is 0. The second-order valence-corrected chi connectivity index (χ2v) is 3.52. The molecule has 0 saturated carbocycles. The standard InChI is InChI=1S/C13H8F2N2/c14-12-3-1-2-9(7-12)11-6-10(4-5-16)13(15)17-8-11/h1-3,6-8H,4H2. The number of pyridine rings is 1. The Morgan fingerprint density at radius 2 is 2.00 bits per heavy atom. The van der Waals surface area contributed by atoms with Crippen molar-refractivity contribution in [3.63, 3.8) is 0 Å². The van der Waals surface area contributed by atoms with Crippen molar-refractivity contribution in [3.05, 3.63) is 53.9 Å². The molecule has 2 nitrogen and oxygen atoms in total. The van der Waals surface area contributed by atoms with E-state index in [4.69, 9.17) is 5.26 Å². The van der Waals surface area contributed by atoms with E-state index in [9.17, 15) is 8.78 Å². The van der Waals surface area contributed by atoms with Gasteiger partial charge in [-0.3, -0.25) is 0 Å². The zero-order valence-corrected chi connectivity index (χ0v) is 8.82. The summed E-state index contributed by atoms with van der Waals surface area (Å²) in [6.07, 6.45) is 1.27. The molecule has 1 aromatic heterocycles. The zero-order valence-electron chi connectivity index (χ0n) is 8.82. The first kappa shape index (κ1) is 11.2. The predicted molar refractivity (Wildman–Crippen MR) is 58.9 cm³/mol. The van der Waals surface area contributed by atoms with Crippen molar-refractivity contribution in [2.24, 2.45) is 0 Å². The SMILES string of the molecule is N#CCc1cc(-c2cccc(F)c2)cnc1F. The molecular formula is C13H8F2N2. The summed E-state index contributed by atoms with van der Waals surface area (Å²) in [6, 6.07) is 9.31. The summed E-state index contributed by atoms with van der Waals surface area (Å²) in [5.41, 5.74) is 1.42. The quantitative estimate of drug-likeness (QED) is 0.743. The Kier molecular flexibility index (Phi) is 3.10. The van der Waals surface area contributed by atoms with E-state index in [1.807, 2.05) is 6.07 Å². The lowest BCUT2D eigenvalue weighted by molar-refractivity contribution is 0.571. The average molecular weight is 230 g/mol. The highest BCUT2D eigenvalue weighted by Gasteiger charge is 2.06. The van der Waals surface area contributed by atoms with Crippen molar-refractivity contribution >= 4 is 0 Å². The molecule has 1 aromatic carbocycles. The van der Waals surface area contributed by atoms with Crippen molar-refractivity contribution in [1.29, 1.82) is 5.26 Å². The normalized spacial score (nSPS) is 9.94. The third kappa shape index (κ3) is 2.45. The van der Waals surface area contributed by atoms with E-state index in [2.05, 4.69) is 4.98 Å². The molecule has 0 saturated heterocycles. The molecule has 0 aliphatic rings. The highest BCUT2D eigenvalue weighted by atomic mass is 19.1. The maximum absolute atomic E-state index is 13.2. The van der Waals surface area contributed by atoms with Crippen molar-refractivity contribution in [1.82, 2.24) is 4.98 Å². The van der Waals surface area contributed by atoms with Crippen LogP contribution in [-0.2, 0) is 6.42 Å². The Bertz CT molecular complexity index is 588. The molecule has 0 atom stereocenters. The molecule has 17 heavy (non-hydrogen) atoms. The van der Waals surface area contributed by atoms with Crippen LogP contribution in [0.5, 0.6) is 0 Å². The van der Waals surface area contributed by atoms with E-state index in [1.165, 1.54) is 24.4 Å². The fourth-order valence-electron chi connectivity index (χ4n) is 1.53. The van der Waals surface area contributed by atoms with E-state index in [0.717, 1.165) is 0 Å². The van der Waals surface area contributed by atoms with Crippen LogP contribution in [0.1, 0.15) is 5.56 Å². The minimum atomic E-state index is -0.660. The van der Waals surface area contributed by atoms with Gasteiger partial charge in [0.05, 0.1) is 12.5 Å². The van der Waals surface area contributed by atoms with E-state index in [-0.39, 0.29) is 17.8 Å². The number of rotatable bonds is 2. The van der Waals surface area contributed by atoms with Crippen molar-refractivity contribution in [2.75, 3.05) is 0 Å². The minimum absolute atomic E-state index is 0.0536. The van der Waals surface area contributed by atoms with Crippen LogP contribution < -0.4 is 0 Å². The van der Waals surface area contributed by atoms with Crippen molar-refractivity contribution in [2.45, 2.75) is 6.42 Å². The van der Waals surface area contributed by atoms with E-state index >= 15 is 0 Å². The van der Waals surface area contributed by atoms with Crippen LogP contribution in [0.2, 0.25) is 0 Å². The summed E-state index contributed by atoms with van der Waals surface area (Å²) in [7, 11) is 0. The lowest BCUT2D eigenvalue weighted by Crippen LogP contribution is -1.94. The van der Waals surface area contributed by atoms with Crippen LogP contribution in [0.15, 0.2) is 36.5 Å². The smallest absolute Gasteiger partial charge is 0.217 e. The van der Waals surface area contributed by atoms with Gasteiger partial charge in [-0.2, -0.15) is 9.65 Å². The third-order valence-corrected chi connectivity index (χ3v) is 2.34. The van der Waals surface area contributed by atoms with Gasteiger partial charge in [-0.05, 0) is 23.8 Å². The molecule has 2 aromatic rings. The number of halogens is 2. The van der Waals surface area contributed by atoms with Gasteiger partial charge in [0.1, 0.15) is 5.82 Å². The monoisotopic (exact) mass is 230 g/mol. The first-order valence-corrected chi connectivity index (χ1v) is 4.98. The zero-order chi connectivity index (χ0) is 12.3. The van der Waals surface area contributed by atoms with Crippen LogP contribution in [0.3, 0.4) is 0 Å². The van der Waals surface area contributed by atoms with Gasteiger partial charge in [0.25, 0.3) is 0 Å². The second-order valence-electron chi connectivity index (χ2n) is 3.52. The number of benzene rings is 1. The molecule has 0 N–H and O–H groups in total. The van der Waals surface area contributed by atoms with E-state index in [0.29, 0.717) is 11.1 Å². The summed E-state index contributed by atoms with van der Waals surface area (Å²) in [4.78, 5) is 3.56. The molecule has 84 valence electrons. The van der Waals surface area contributed by atoms with Crippen molar-refractivity contribution < 1.29 is 8.78 Å². The van der Waals surface area contributed by atoms with E-state index < -0.39 is 5.95 Å². The lowest BCUT2D eigenvalue weighted by atomic mass is 10.0. The van der Waals surface area contributed by atoms with Crippen LogP contribution in [0, 0.1) is 23.1 Å². The van der Waals surface area contributed by atoms with Gasteiger partial charge in [0.2, 0.25) is 5.95 Å². The van der Waals surface area contributed by atoms with Gasteiger partial charge >= 0.3 is 0 Å². The topological polar surface area (TPSA) is 36.7 Å². The molecule has 0 aliphatic carbocycles. The molecule has 4 heteroatoms. The summed E-state index contributed by atoms with van der Waals surface area (Å²) < 4.78 is 26.2. The van der Waals surface area contributed by atoms with Gasteiger partial charge in [-0.25, -0.2) is 9.37 Å². The van der Waals surface area contributed by atoms with E-state index in [1.54, 1.807) is 12.1 Å². The first-order chi connectivity index (χ1) is 8.20. The van der Waals surface area contributed by atoms with Gasteiger partial charge in [-0.15, -0.1) is 0 Å². The number of nitrogens with zero attached hydrogens (tertiary/aromatic N) is 2. The average Bonchev–Trinajstić information content (AvgIpc) is 2.32. The Morgan fingerprint density at radius 1 is 1.18 bits per heavy atom. The van der Waals surface area contributed by atoms with Gasteiger partial charge in [-0.1, -0.05) is 12.1 Å². The van der Waals surface area contributed by atoms with Crippen LogP contribution in [-0.4, -0.2) is 4.98 Å². The number of nitriles is 1. The lowest BCUT2D eigenvalue weighted by Gasteiger charge is -2.04. The number of aromatic nitrogens is 1. The largest absolute Gasteiger partial charge is 0.227 e. The Labute approximate surface area is 97.2 Å². The van der Waals surface area contributed by atoms with Crippen molar-refractivity contribution in [3.8, 4) is 17.2 Å². The molecule has 0 aliphatic heterocycles. The fourth-order valence-corrected chi connectivity index (χ4v) is 1.53. The summed E-state index contributed by atoms with van der Waals surface area (Å²) in [6.45, 7) is 0. The predicted octanol–water partition coefficient (Wildman–Crippen LogP) is 3.09. The summed E-state index contributed by atoms with van der Waals surface area (Å²) in [5.74, 6) is -1.03. The molecule has 0 fully saturated rings. The fraction of sp³-hybridized carbons (Fsp3) is 0.0769. The Balaban J connectivity index is 2.47. The molecule has 2 rings (SSSR count). The molecule has 0 spiro atoms. The first-order valence-electron chi connectivity index (χ1n) is 4.98. The number of hydrogen-bond donors (Lipinski definition) is 0. The van der Waals surface area contributed by atoms with Gasteiger partial charge in [0.15, 0.2) is 0 Å².